The van der Waals surface area contributed by atoms with Gasteiger partial charge in [0, 0.05) is 30.4 Å². The quantitative estimate of drug-likeness (QED) is 0.909. The number of nitrogens with two attached hydrogens (primary N) is 1. The van der Waals surface area contributed by atoms with E-state index in [1.807, 2.05) is 37.3 Å². The lowest BCUT2D eigenvalue weighted by Crippen LogP contribution is -2.15. The topological polar surface area (TPSA) is 57.4 Å². The maximum absolute atomic E-state index is 6.29. The van der Waals surface area contributed by atoms with Crippen LogP contribution in [0.1, 0.15) is 22.9 Å². The largest absolute Gasteiger partial charge is 0.497 e. The maximum atomic E-state index is 6.29. The molecule has 0 radical (unpaired) electrons. The van der Waals surface area contributed by atoms with Gasteiger partial charge < -0.3 is 15.2 Å². The van der Waals surface area contributed by atoms with E-state index in [0.29, 0.717) is 6.42 Å². The van der Waals surface area contributed by atoms with Gasteiger partial charge in [0.25, 0.3) is 0 Å². The molecule has 1 aromatic carbocycles. The Morgan fingerprint density at radius 3 is 2.35 bits per heavy atom. The Morgan fingerprint density at radius 2 is 1.80 bits per heavy atom. The summed E-state index contributed by atoms with van der Waals surface area (Å²) >= 11 is 0. The maximum Gasteiger partial charge on any atom is 0.122 e. The summed E-state index contributed by atoms with van der Waals surface area (Å²) in [4.78, 5) is 4.39. The van der Waals surface area contributed by atoms with Crippen molar-refractivity contribution in [2.45, 2.75) is 19.4 Å². The average Bonchev–Trinajstić information content (AvgIpc) is 2.48. The van der Waals surface area contributed by atoms with E-state index in [9.17, 15) is 0 Å². The minimum atomic E-state index is -0.146. The van der Waals surface area contributed by atoms with Crippen LogP contribution in [0.4, 0.5) is 0 Å². The molecule has 2 N–H and O–H groups in total. The molecule has 1 aromatic heterocycles. The van der Waals surface area contributed by atoms with Crippen LogP contribution in [0.15, 0.2) is 36.5 Å². The predicted octanol–water partition coefficient (Wildman–Crippen LogP) is 2.65. The molecular formula is C16H20N2O2. The van der Waals surface area contributed by atoms with Gasteiger partial charge in [-0.1, -0.05) is 6.07 Å². The SMILES string of the molecule is COc1cc(OC)cc(C(N)Cc2ncccc2C)c1. The zero-order valence-corrected chi connectivity index (χ0v) is 12.1. The second-order valence-electron chi connectivity index (χ2n) is 4.72. The van der Waals surface area contributed by atoms with E-state index in [1.54, 1.807) is 20.4 Å². The number of aromatic nitrogens is 1. The van der Waals surface area contributed by atoms with Crippen LogP contribution in [0.25, 0.3) is 0 Å². The van der Waals surface area contributed by atoms with E-state index < -0.39 is 0 Å². The van der Waals surface area contributed by atoms with Gasteiger partial charge in [0.15, 0.2) is 0 Å². The predicted molar refractivity (Wildman–Crippen MR) is 79.2 cm³/mol. The Bertz CT molecular complexity index is 562. The first-order valence-electron chi connectivity index (χ1n) is 6.53. The highest BCUT2D eigenvalue weighted by molar-refractivity contribution is 5.40. The van der Waals surface area contributed by atoms with Crippen molar-refractivity contribution < 1.29 is 9.47 Å². The summed E-state index contributed by atoms with van der Waals surface area (Å²) in [5.41, 5.74) is 9.44. The van der Waals surface area contributed by atoms with Gasteiger partial charge in [-0.15, -0.1) is 0 Å². The fourth-order valence-corrected chi connectivity index (χ4v) is 2.10. The smallest absolute Gasteiger partial charge is 0.122 e. The van der Waals surface area contributed by atoms with Crippen LogP contribution in [0.5, 0.6) is 11.5 Å². The molecule has 1 atom stereocenters. The molecular weight excluding hydrogens is 252 g/mol. The van der Waals surface area contributed by atoms with Crippen molar-refractivity contribution in [3.8, 4) is 11.5 Å². The number of ether oxygens (including phenoxy) is 2. The Kier molecular flexibility index (Phi) is 4.58. The minimum absolute atomic E-state index is 0.146. The summed E-state index contributed by atoms with van der Waals surface area (Å²) in [6.45, 7) is 2.04. The molecule has 0 bridgehead atoms. The zero-order valence-electron chi connectivity index (χ0n) is 12.1. The van der Waals surface area contributed by atoms with Gasteiger partial charge in [0.2, 0.25) is 0 Å². The van der Waals surface area contributed by atoms with Crippen molar-refractivity contribution in [2.24, 2.45) is 5.73 Å². The van der Waals surface area contributed by atoms with Gasteiger partial charge in [0.1, 0.15) is 11.5 Å². The van der Waals surface area contributed by atoms with E-state index in [4.69, 9.17) is 15.2 Å². The van der Waals surface area contributed by atoms with Crippen LogP contribution in [0, 0.1) is 6.92 Å². The minimum Gasteiger partial charge on any atom is -0.497 e. The molecule has 20 heavy (non-hydrogen) atoms. The number of hydrogen-bond donors (Lipinski definition) is 1. The van der Waals surface area contributed by atoms with Crippen molar-refractivity contribution in [3.63, 3.8) is 0 Å². The van der Waals surface area contributed by atoms with E-state index in [2.05, 4.69) is 4.98 Å². The molecule has 0 spiro atoms. The van der Waals surface area contributed by atoms with Crippen LogP contribution in [-0.2, 0) is 6.42 Å². The molecule has 0 aliphatic rings. The Morgan fingerprint density at radius 1 is 1.15 bits per heavy atom. The summed E-state index contributed by atoms with van der Waals surface area (Å²) in [6, 6.07) is 9.53. The average molecular weight is 272 g/mol. The third-order valence-corrected chi connectivity index (χ3v) is 3.33. The first-order chi connectivity index (χ1) is 9.63. The van der Waals surface area contributed by atoms with E-state index in [1.165, 1.54) is 0 Å². The standard InChI is InChI=1S/C16H20N2O2/c1-11-5-4-6-18-16(11)10-15(17)12-7-13(19-2)9-14(8-12)20-3/h4-9,15H,10,17H2,1-3H3. The third kappa shape index (κ3) is 3.27. The van der Waals surface area contributed by atoms with Crippen LogP contribution >= 0.6 is 0 Å². The van der Waals surface area contributed by atoms with Gasteiger partial charge in [-0.2, -0.15) is 0 Å². The fourth-order valence-electron chi connectivity index (χ4n) is 2.10. The van der Waals surface area contributed by atoms with Crippen molar-refractivity contribution in [3.05, 3.63) is 53.3 Å². The van der Waals surface area contributed by atoms with Crippen molar-refractivity contribution in [1.29, 1.82) is 0 Å². The molecule has 0 saturated heterocycles. The first-order valence-corrected chi connectivity index (χ1v) is 6.53. The Labute approximate surface area is 119 Å². The zero-order chi connectivity index (χ0) is 14.5. The van der Waals surface area contributed by atoms with E-state index in [-0.39, 0.29) is 6.04 Å². The first kappa shape index (κ1) is 14.3. The number of rotatable bonds is 5. The molecule has 106 valence electrons. The number of methoxy groups -OCH3 is 2. The van der Waals surface area contributed by atoms with Gasteiger partial charge in [0.05, 0.1) is 14.2 Å². The molecule has 1 heterocycles. The lowest BCUT2D eigenvalue weighted by molar-refractivity contribution is 0.392. The highest BCUT2D eigenvalue weighted by Gasteiger charge is 2.12. The van der Waals surface area contributed by atoms with Crippen LogP contribution < -0.4 is 15.2 Å². The molecule has 0 amide bonds. The monoisotopic (exact) mass is 272 g/mol. The lowest BCUT2D eigenvalue weighted by atomic mass is 10.00. The molecule has 2 rings (SSSR count). The summed E-state index contributed by atoms with van der Waals surface area (Å²) in [7, 11) is 3.26. The summed E-state index contributed by atoms with van der Waals surface area (Å²) in [5, 5.41) is 0. The number of aryl methyl sites for hydroxylation is 1. The van der Waals surface area contributed by atoms with Crippen LogP contribution in [-0.4, -0.2) is 19.2 Å². The highest BCUT2D eigenvalue weighted by Crippen LogP contribution is 2.27. The fraction of sp³-hybridized carbons (Fsp3) is 0.312. The van der Waals surface area contributed by atoms with Gasteiger partial charge in [-0.25, -0.2) is 0 Å². The third-order valence-electron chi connectivity index (χ3n) is 3.33. The van der Waals surface area contributed by atoms with Crippen molar-refractivity contribution in [1.82, 2.24) is 4.98 Å². The number of benzene rings is 1. The molecule has 0 fully saturated rings. The molecule has 2 aromatic rings. The number of hydrogen-bond acceptors (Lipinski definition) is 4. The van der Waals surface area contributed by atoms with Gasteiger partial charge >= 0.3 is 0 Å². The van der Waals surface area contributed by atoms with Crippen LogP contribution in [0.3, 0.4) is 0 Å². The summed E-state index contributed by atoms with van der Waals surface area (Å²) in [6.07, 6.45) is 2.48. The molecule has 4 heteroatoms. The van der Waals surface area contributed by atoms with Crippen molar-refractivity contribution in [2.75, 3.05) is 14.2 Å². The Hall–Kier alpha value is -2.07. The molecule has 1 unspecified atom stereocenters. The van der Waals surface area contributed by atoms with Gasteiger partial charge in [-0.05, 0) is 36.2 Å². The molecule has 4 nitrogen and oxygen atoms in total. The van der Waals surface area contributed by atoms with Gasteiger partial charge in [-0.3, -0.25) is 4.98 Å². The van der Waals surface area contributed by atoms with Crippen molar-refractivity contribution >= 4 is 0 Å². The lowest BCUT2D eigenvalue weighted by Gasteiger charge is -2.15. The molecule has 0 aliphatic heterocycles. The molecule has 0 saturated carbocycles. The van der Waals surface area contributed by atoms with Crippen LogP contribution in [0.2, 0.25) is 0 Å². The number of pyridine rings is 1. The normalized spacial score (nSPS) is 12.0. The highest BCUT2D eigenvalue weighted by atomic mass is 16.5. The molecule has 0 aliphatic carbocycles. The summed E-state index contributed by atoms with van der Waals surface area (Å²) < 4.78 is 10.5. The van der Waals surface area contributed by atoms with E-state index in [0.717, 1.165) is 28.3 Å². The second kappa shape index (κ2) is 6.39. The summed E-state index contributed by atoms with van der Waals surface area (Å²) in [5.74, 6) is 1.49. The Balaban J connectivity index is 2.24. The van der Waals surface area contributed by atoms with E-state index >= 15 is 0 Å². The second-order valence-corrected chi connectivity index (χ2v) is 4.72. The number of nitrogens with zero attached hydrogens (tertiary/aromatic N) is 1.